The SMILES string of the molecule is C=CC(=O)OCC[C](CO)CCOC(=O)C=C. The highest BCUT2D eigenvalue weighted by Gasteiger charge is 2.10. The zero-order valence-electron chi connectivity index (χ0n) is 9.68. The highest BCUT2D eigenvalue weighted by atomic mass is 16.5. The maximum Gasteiger partial charge on any atom is 0.330 e. The number of hydrogen-bond donors (Lipinski definition) is 1. The molecule has 5 heteroatoms. The number of aliphatic hydroxyl groups is 1. The molecule has 0 aromatic rings. The number of aliphatic hydroxyl groups excluding tert-OH is 1. The second-order valence-electron chi connectivity index (χ2n) is 3.15. The molecule has 0 aromatic heterocycles. The lowest BCUT2D eigenvalue weighted by Crippen LogP contribution is -2.13. The summed E-state index contributed by atoms with van der Waals surface area (Å²) in [4.78, 5) is 21.5. The monoisotopic (exact) mass is 241 g/mol. The van der Waals surface area contributed by atoms with E-state index in [0.29, 0.717) is 12.8 Å². The number of hydrogen-bond acceptors (Lipinski definition) is 5. The largest absolute Gasteiger partial charge is 0.463 e. The van der Waals surface area contributed by atoms with Gasteiger partial charge in [-0.2, -0.15) is 0 Å². The van der Waals surface area contributed by atoms with Gasteiger partial charge in [0.05, 0.1) is 13.2 Å². The number of carbonyl (C=O) groups is 2. The van der Waals surface area contributed by atoms with Crippen LogP contribution in [0.1, 0.15) is 12.8 Å². The van der Waals surface area contributed by atoms with E-state index in [1.807, 2.05) is 0 Å². The third-order valence-corrected chi connectivity index (χ3v) is 1.96. The summed E-state index contributed by atoms with van der Waals surface area (Å²) in [6.07, 6.45) is 3.01. The van der Waals surface area contributed by atoms with Crippen molar-refractivity contribution >= 4 is 11.9 Å². The quantitative estimate of drug-likeness (QED) is 0.477. The minimum absolute atomic E-state index is 0.128. The summed E-state index contributed by atoms with van der Waals surface area (Å²) in [6, 6.07) is 0. The maximum absolute atomic E-state index is 10.7. The van der Waals surface area contributed by atoms with Crippen molar-refractivity contribution in [2.75, 3.05) is 19.8 Å². The second kappa shape index (κ2) is 9.59. The van der Waals surface area contributed by atoms with Gasteiger partial charge < -0.3 is 14.6 Å². The van der Waals surface area contributed by atoms with Crippen molar-refractivity contribution in [2.24, 2.45) is 0 Å². The van der Waals surface area contributed by atoms with Crippen LogP contribution in [0, 0.1) is 5.92 Å². The highest BCUT2D eigenvalue weighted by molar-refractivity contribution is 5.81. The molecule has 0 saturated heterocycles. The van der Waals surface area contributed by atoms with Gasteiger partial charge in [0, 0.05) is 24.7 Å². The summed E-state index contributed by atoms with van der Waals surface area (Å²) in [6.45, 7) is 6.74. The molecule has 0 aliphatic heterocycles. The first kappa shape index (κ1) is 15.4. The predicted molar refractivity (Wildman–Crippen MR) is 61.9 cm³/mol. The molecule has 5 nitrogen and oxygen atoms in total. The van der Waals surface area contributed by atoms with Gasteiger partial charge in [0.1, 0.15) is 0 Å². The fraction of sp³-hybridized carbons (Fsp3) is 0.417. The summed E-state index contributed by atoms with van der Waals surface area (Å²) < 4.78 is 9.52. The molecule has 0 spiro atoms. The molecule has 0 atom stereocenters. The molecular weight excluding hydrogens is 224 g/mol. The number of ether oxygens (including phenoxy) is 2. The fourth-order valence-corrected chi connectivity index (χ4v) is 0.993. The summed E-state index contributed by atoms with van der Waals surface area (Å²) in [5, 5.41) is 9.01. The number of esters is 2. The first-order valence-corrected chi connectivity index (χ1v) is 5.16. The lowest BCUT2D eigenvalue weighted by Gasteiger charge is -2.12. The molecule has 0 aromatic carbocycles. The van der Waals surface area contributed by atoms with Crippen molar-refractivity contribution in [3.05, 3.63) is 31.2 Å². The molecule has 1 radical (unpaired) electrons. The summed E-state index contributed by atoms with van der Waals surface area (Å²) >= 11 is 0. The molecule has 0 aliphatic rings. The van der Waals surface area contributed by atoms with E-state index >= 15 is 0 Å². The first-order valence-electron chi connectivity index (χ1n) is 5.16. The van der Waals surface area contributed by atoms with Crippen molar-refractivity contribution in [1.82, 2.24) is 0 Å². The molecule has 1 N–H and O–H groups in total. The zero-order chi connectivity index (χ0) is 13.1. The van der Waals surface area contributed by atoms with Crippen LogP contribution in [-0.4, -0.2) is 36.9 Å². The Bertz CT molecular complexity index is 246. The smallest absolute Gasteiger partial charge is 0.330 e. The van der Waals surface area contributed by atoms with Gasteiger partial charge in [-0.15, -0.1) is 0 Å². The average molecular weight is 241 g/mol. The van der Waals surface area contributed by atoms with E-state index in [2.05, 4.69) is 13.2 Å². The average Bonchev–Trinajstić information content (AvgIpc) is 2.36. The van der Waals surface area contributed by atoms with Crippen LogP contribution in [0.3, 0.4) is 0 Å². The standard InChI is InChI=1S/C12H17O5/c1-3-11(14)16-7-5-10(9-13)6-8-17-12(15)4-2/h3-4,13H,1-2,5-9H2. The van der Waals surface area contributed by atoms with Gasteiger partial charge in [0.15, 0.2) is 0 Å². The molecule has 95 valence electrons. The Morgan fingerprint density at radius 1 is 1.00 bits per heavy atom. The fourth-order valence-electron chi connectivity index (χ4n) is 0.993. The second-order valence-corrected chi connectivity index (χ2v) is 3.15. The van der Waals surface area contributed by atoms with Gasteiger partial charge in [-0.05, 0) is 12.8 Å². The molecule has 0 rings (SSSR count). The van der Waals surface area contributed by atoms with Crippen molar-refractivity contribution in [3.63, 3.8) is 0 Å². The van der Waals surface area contributed by atoms with E-state index in [4.69, 9.17) is 14.6 Å². The van der Waals surface area contributed by atoms with E-state index in [1.165, 1.54) is 0 Å². The predicted octanol–water partition coefficient (Wildman–Crippen LogP) is 0.792. The Kier molecular flexibility index (Phi) is 8.68. The lowest BCUT2D eigenvalue weighted by atomic mass is 10.0. The van der Waals surface area contributed by atoms with E-state index in [0.717, 1.165) is 18.1 Å². The Balaban J connectivity index is 3.69. The molecular formula is C12H17O5. The maximum atomic E-state index is 10.7. The van der Waals surface area contributed by atoms with E-state index in [1.54, 1.807) is 0 Å². The van der Waals surface area contributed by atoms with Crippen molar-refractivity contribution < 1.29 is 24.2 Å². The Hall–Kier alpha value is -1.62. The Morgan fingerprint density at radius 3 is 1.71 bits per heavy atom. The van der Waals surface area contributed by atoms with Gasteiger partial charge in [-0.1, -0.05) is 13.2 Å². The van der Waals surface area contributed by atoms with Gasteiger partial charge in [0.25, 0.3) is 0 Å². The Labute approximate surface area is 101 Å². The molecule has 0 amide bonds. The van der Waals surface area contributed by atoms with Gasteiger partial charge >= 0.3 is 11.9 Å². The summed E-state index contributed by atoms with van der Waals surface area (Å²) in [7, 11) is 0. The van der Waals surface area contributed by atoms with Crippen LogP contribution in [0.5, 0.6) is 0 Å². The van der Waals surface area contributed by atoms with Crippen LogP contribution in [0.4, 0.5) is 0 Å². The van der Waals surface area contributed by atoms with Crippen LogP contribution >= 0.6 is 0 Å². The van der Waals surface area contributed by atoms with E-state index in [9.17, 15) is 9.59 Å². The zero-order valence-corrected chi connectivity index (χ0v) is 9.68. The number of carbonyl (C=O) groups excluding carboxylic acids is 2. The van der Waals surface area contributed by atoms with Crippen LogP contribution in [0.25, 0.3) is 0 Å². The van der Waals surface area contributed by atoms with Crippen LogP contribution in [0.2, 0.25) is 0 Å². The molecule has 0 unspecified atom stereocenters. The third kappa shape index (κ3) is 8.21. The van der Waals surface area contributed by atoms with Gasteiger partial charge in [-0.3, -0.25) is 0 Å². The minimum Gasteiger partial charge on any atom is -0.463 e. The van der Waals surface area contributed by atoms with Crippen molar-refractivity contribution in [3.8, 4) is 0 Å². The van der Waals surface area contributed by atoms with Crippen LogP contribution < -0.4 is 0 Å². The molecule has 0 saturated carbocycles. The normalized spacial score (nSPS) is 9.76. The third-order valence-electron chi connectivity index (χ3n) is 1.96. The van der Waals surface area contributed by atoms with Crippen LogP contribution in [-0.2, 0) is 19.1 Å². The topological polar surface area (TPSA) is 72.8 Å². The van der Waals surface area contributed by atoms with Crippen molar-refractivity contribution in [2.45, 2.75) is 12.8 Å². The van der Waals surface area contributed by atoms with Gasteiger partial charge in [0.2, 0.25) is 0 Å². The van der Waals surface area contributed by atoms with Crippen LogP contribution in [0.15, 0.2) is 25.3 Å². The highest BCUT2D eigenvalue weighted by Crippen LogP contribution is 2.10. The lowest BCUT2D eigenvalue weighted by molar-refractivity contribution is -0.138. The molecule has 0 bridgehead atoms. The van der Waals surface area contributed by atoms with E-state index < -0.39 is 11.9 Å². The molecule has 0 heterocycles. The minimum atomic E-state index is -0.500. The van der Waals surface area contributed by atoms with Crippen molar-refractivity contribution in [1.29, 1.82) is 0 Å². The summed E-state index contributed by atoms with van der Waals surface area (Å²) in [5.74, 6) is -0.250. The van der Waals surface area contributed by atoms with E-state index in [-0.39, 0.29) is 19.8 Å². The Morgan fingerprint density at radius 2 is 1.41 bits per heavy atom. The molecule has 0 aliphatic carbocycles. The van der Waals surface area contributed by atoms with Gasteiger partial charge in [-0.25, -0.2) is 9.59 Å². The molecule has 17 heavy (non-hydrogen) atoms. The first-order chi connectivity index (χ1) is 8.13. The summed E-state index contributed by atoms with van der Waals surface area (Å²) in [5.41, 5.74) is 0. The molecule has 0 fully saturated rings. The number of rotatable bonds is 9.